The Morgan fingerprint density at radius 2 is 1.95 bits per heavy atom. The van der Waals surface area contributed by atoms with Gasteiger partial charge < -0.3 is 10.2 Å². The van der Waals surface area contributed by atoms with Gasteiger partial charge in [-0.15, -0.1) is 0 Å². The first-order valence-electron chi connectivity index (χ1n) is 6.91. The first-order valence-corrected chi connectivity index (χ1v) is 6.91. The number of halogens is 3. The molecule has 0 radical (unpaired) electrons. The van der Waals surface area contributed by atoms with Crippen molar-refractivity contribution in [1.29, 1.82) is 0 Å². The quantitative estimate of drug-likeness (QED) is 0.766. The minimum Gasteiger partial charge on any atom is -0.374 e. The second-order valence-electron chi connectivity index (χ2n) is 5.07. The topological polar surface area (TPSA) is 15.3 Å². The molecule has 0 unspecified atom stereocenters. The molecule has 1 aromatic carbocycles. The van der Waals surface area contributed by atoms with Crippen LogP contribution in [0.5, 0.6) is 0 Å². The van der Waals surface area contributed by atoms with Gasteiger partial charge in [0.2, 0.25) is 0 Å². The zero-order chi connectivity index (χ0) is 15.2. The molecule has 20 heavy (non-hydrogen) atoms. The third-order valence-corrected chi connectivity index (χ3v) is 3.24. The lowest BCUT2D eigenvalue weighted by atomic mass is 10.1. The van der Waals surface area contributed by atoms with E-state index < -0.39 is 12.6 Å². The van der Waals surface area contributed by atoms with Crippen LogP contribution in [0.3, 0.4) is 0 Å². The van der Waals surface area contributed by atoms with Crippen molar-refractivity contribution < 1.29 is 13.2 Å². The summed E-state index contributed by atoms with van der Waals surface area (Å²) >= 11 is 0. The van der Waals surface area contributed by atoms with Gasteiger partial charge in [-0.3, -0.25) is 0 Å². The summed E-state index contributed by atoms with van der Waals surface area (Å²) in [5.41, 5.74) is 3.11. The Bertz CT molecular complexity index is 416. The van der Waals surface area contributed by atoms with Crippen LogP contribution in [0.2, 0.25) is 0 Å². The second kappa shape index (κ2) is 7.53. The van der Waals surface area contributed by atoms with Crippen molar-refractivity contribution >= 4 is 5.69 Å². The molecule has 0 atom stereocenters. The third kappa shape index (κ3) is 5.82. The molecule has 5 heteroatoms. The van der Waals surface area contributed by atoms with Gasteiger partial charge in [-0.1, -0.05) is 13.0 Å². The van der Waals surface area contributed by atoms with E-state index in [1.807, 2.05) is 25.1 Å². The zero-order valence-electron chi connectivity index (χ0n) is 12.3. The van der Waals surface area contributed by atoms with Gasteiger partial charge in [0, 0.05) is 25.8 Å². The fourth-order valence-corrected chi connectivity index (χ4v) is 1.94. The molecule has 0 aromatic heterocycles. The maximum atomic E-state index is 12.2. The van der Waals surface area contributed by atoms with Crippen LogP contribution in [0, 0.1) is 6.92 Å². The molecule has 1 aromatic rings. The Morgan fingerprint density at radius 1 is 1.25 bits per heavy atom. The molecule has 0 spiro atoms. The van der Waals surface area contributed by atoms with E-state index in [-0.39, 0.29) is 6.54 Å². The Labute approximate surface area is 119 Å². The fraction of sp³-hybridized carbons (Fsp3) is 0.600. The highest BCUT2D eigenvalue weighted by atomic mass is 19.4. The molecule has 0 aliphatic heterocycles. The van der Waals surface area contributed by atoms with Crippen molar-refractivity contribution in [1.82, 2.24) is 5.32 Å². The second-order valence-corrected chi connectivity index (χ2v) is 5.07. The number of hydrogen-bond donors (Lipinski definition) is 1. The molecular formula is C15H23F3N2. The van der Waals surface area contributed by atoms with Crippen molar-refractivity contribution in [3.63, 3.8) is 0 Å². The van der Waals surface area contributed by atoms with E-state index in [9.17, 15) is 13.2 Å². The van der Waals surface area contributed by atoms with E-state index in [0.29, 0.717) is 0 Å². The Hall–Kier alpha value is -1.23. The van der Waals surface area contributed by atoms with Gasteiger partial charge in [0.05, 0.1) is 6.42 Å². The number of anilines is 1. The lowest BCUT2D eigenvalue weighted by Crippen LogP contribution is -2.24. The number of nitrogens with zero attached hydrogens (tertiary/aromatic N) is 1. The zero-order valence-corrected chi connectivity index (χ0v) is 12.3. The molecule has 1 rings (SSSR count). The number of nitrogens with one attached hydrogen (secondary N) is 1. The summed E-state index contributed by atoms with van der Waals surface area (Å²) in [6.45, 7) is 5.85. The minimum atomic E-state index is -4.10. The highest BCUT2D eigenvalue weighted by Gasteiger charge is 2.27. The largest absolute Gasteiger partial charge is 0.390 e. The standard InChI is InChI=1S/C15H23F3N2/c1-4-8-19-11-13-5-6-14(10-12(13)2)20(3)9-7-15(16,17)18/h5-6,10,19H,4,7-9,11H2,1-3H3. The third-order valence-electron chi connectivity index (χ3n) is 3.24. The van der Waals surface area contributed by atoms with Gasteiger partial charge in [-0.05, 0) is 43.1 Å². The van der Waals surface area contributed by atoms with E-state index in [0.717, 1.165) is 30.8 Å². The number of hydrogen-bond acceptors (Lipinski definition) is 2. The number of rotatable bonds is 7. The van der Waals surface area contributed by atoms with E-state index in [2.05, 4.69) is 12.2 Å². The first-order chi connectivity index (χ1) is 9.33. The molecule has 0 saturated heterocycles. The summed E-state index contributed by atoms with van der Waals surface area (Å²) in [6.07, 6.45) is -3.81. The summed E-state index contributed by atoms with van der Waals surface area (Å²) in [6, 6.07) is 5.81. The molecular weight excluding hydrogens is 265 g/mol. The van der Waals surface area contributed by atoms with E-state index in [1.165, 1.54) is 5.56 Å². The van der Waals surface area contributed by atoms with Crippen molar-refractivity contribution in [3.05, 3.63) is 29.3 Å². The number of benzene rings is 1. The van der Waals surface area contributed by atoms with Gasteiger partial charge >= 0.3 is 6.18 Å². The Balaban J connectivity index is 2.61. The number of aryl methyl sites for hydroxylation is 1. The molecule has 0 amide bonds. The van der Waals surface area contributed by atoms with E-state index in [1.54, 1.807) is 11.9 Å². The van der Waals surface area contributed by atoms with Gasteiger partial charge in [0.15, 0.2) is 0 Å². The smallest absolute Gasteiger partial charge is 0.374 e. The molecule has 0 aliphatic carbocycles. The summed E-state index contributed by atoms with van der Waals surface area (Å²) in [5, 5.41) is 3.32. The molecule has 0 fully saturated rings. The predicted octanol–water partition coefficient (Wildman–Crippen LogP) is 3.88. The highest BCUT2D eigenvalue weighted by Crippen LogP contribution is 2.23. The summed E-state index contributed by atoms with van der Waals surface area (Å²) < 4.78 is 36.6. The molecule has 114 valence electrons. The average Bonchev–Trinajstić information content (AvgIpc) is 2.37. The van der Waals surface area contributed by atoms with Crippen LogP contribution < -0.4 is 10.2 Å². The van der Waals surface area contributed by atoms with Crippen LogP contribution >= 0.6 is 0 Å². The van der Waals surface area contributed by atoms with Crippen molar-refractivity contribution in [3.8, 4) is 0 Å². The average molecular weight is 288 g/mol. The van der Waals surface area contributed by atoms with Crippen LogP contribution in [-0.2, 0) is 6.54 Å². The predicted molar refractivity (Wildman–Crippen MR) is 77.1 cm³/mol. The van der Waals surface area contributed by atoms with Gasteiger partial charge in [0.25, 0.3) is 0 Å². The van der Waals surface area contributed by atoms with Gasteiger partial charge in [0.1, 0.15) is 0 Å². The van der Waals surface area contributed by atoms with E-state index >= 15 is 0 Å². The lowest BCUT2D eigenvalue weighted by molar-refractivity contribution is -0.132. The highest BCUT2D eigenvalue weighted by molar-refractivity contribution is 5.50. The van der Waals surface area contributed by atoms with Crippen LogP contribution in [0.4, 0.5) is 18.9 Å². The molecule has 0 bridgehead atoms. The lowest BCUT2D eigenvalue weighted by Gasteiger charge is -2.21. The Kier molecular flexibility index (Phi) is 6.33. The van der Waals surface area contributed by atoms with Crippen LogP contribution in [-0.4, -0.2) is 26.3 Å². The summed E-state index contributed by atoms with van der Waals surface area (Å²) in [5.74, 6) is 0. The Morgan fingerprint density at radius 3 is 2.50 bits per heavy atom. The van der Waals surface area contributed by atoms with Crippen molar-refractivity contribution in [2.45, 2.75) is 39.4 Å². The molecule has 2 nitrogen and oxygen atoms in total. The maximum absolute atomic E-state index is 12.2. The number of alkyl halides is 3. The normalized spacial score (nSPS) is 11.7. The summed E-state index contributed by atoms with van der Waals surface area (Å²) in [7, 11) is 1.69. The first kappa shape index (κ1) is 16.8. The van der Waals surface area contributed by atoms with Gasteiger partial charge in [-0.2, -0.15) is 13.2 Å². The van der Waals surface area contributed by atoms with Crippen LogP contribution in [0.15, 0.2) is 18.2 Å². The van der Waals surface area contributed by atoms with Crippen LogP contribution in [0.1, 0.15) is 30.9 Å². The van der Waals surface area contributed by atoms with Gasteiger partial charge in [-0.25, -0.2) is 0 Å². The van der Waals surface area contributed by atoms with Crippen molar-refractivity contribution in [2.24, 2.45) is 0 Å². The maximum Gasteiger partial charge on any atom is 0.390 e. The van der Waals surface area contributed by atoms with Crippen molar-refractivity contribution in [2.75, 3.05) is 25.0 Å². The summed E-state index contributed by atoms with van der Waals surface area (Å²) in [4.78, 5) is 1.64. The van der Waals surface area contributed by atoms with Crippen LogP contribution in [0.25, 0.3) is 0 Å². The minimum absolute atomic E-state index is 0.0175. The fourth-order valence-electron chi connectivity index (χ4n) is 1.94. The molecule has 1 N–H and O–H groups in total. The molecule has 0 saturated carbocycles. The SMILES string of the molecule is CCCNCc1ccc(N(C)CCC(F)(F)F)cc1C. The monoisotopic (exact) mass is 288 g/mol. The molecule has 0 heterocycles. The van der Waals surface area contributed by atoms with E-state index in [4.69, 9.17) is 0 Å². The molecule has 0 aliphatic rings.